The molecular weight excluding hydrogens is 151 g/mol. The van der Waals surface area contributed by atoms with Crippen molar-refractivity contribution < 1.29 is 14.4 Å². The van der Waals surface area contributed by atoms with E-state index in [-0.39, 0.29) is 59.1 Å². The van der Waals surface area contributed by atoms with Crippen LogP contribution in [0.5, 0.6) is 0 Å². The van der Waals surface area contributed by atoms with E-state index in [4.69, 9.17) is 9.79 Å². The van der Waals surface area contributed by atoms with Crippen LogP contribution in [0.25, 0.3) is 0 Å². The van der Waals surface area contributed by atoms with Crippen molar-refractivity contribution >= 4 is 66.7 Å². The quantitative estimate of drug-likeness (QED) is 0.299. The Kier molecular flexibility index (Phi) is 15.0. The van der Waals surface area contributed by atoms with Gasteiger partial charge in [-0.1, -0.05) is 0 Å². The average Bonchev–Trinajstić information content (AvgIpc) is 1.35. The minimum atomic E-state index is -3.87. The molecule has 0 aromatic heterocycles. The summed E-state index contributed by atoms with van der Waals surface area (Å²) < 4.78 is 9.57. The van der Waals surface area contributed by atoms with E-state index in [2.05, 4.69) is 5.73 Å². The van der Waals surface area contributed by atoms with E-state index in [9.17, 15) is 4.57 Å². The molecule has 0 aliphatic heterocycles. The Morgan fingerprint density at radius 3 is 1.50 bits per heavy atom. The summed E-state index contributed by atoms with van der Waals surface area (Å²) in [6.45, 7) is 0. The van der Waals surface area contributed by atoms with Crippen LogP contribution in [0.4, 0.5) is 0 Å². The zero-order chi connectivity index (χ0) is 5.21. The van der Waals surface area contributed by atoms with Gasteiger partial charge in [0.15, 0.2) is 0 Å². The van der Waals surface area contributed by atoms with Crippen LogP contribution in [0.15, 0.2) is 0 Å². The van der Waals surface area contributed by atoms with Crippen LogP contribution >= 0.6 is 7.60 Å². The molecular formula is CH8NNa2O3P. The van der Waals surface area contributed by atoms with Crippen LogP contribution in [-0.2, 0) is 4.57 Å². The predicted molar refractivity (Wildman–Crippen MR) is 35.4 cm³/mol. The van der Waals surface area contributed by atoms with Crippen LogP contribution in [0.3, 0.4) is 0 Å². The van der Waals surface area contributed by atoms with Gasteiger partial charge in [-0.3, -0.25) is 4.57 Å². The third-order valence-electron chi connectivity index (χ3n) is 0.238. The molecule has 0 unspecified atom stereocenters. The van der Waals surface area contributed by atoms with Crippen LogP contribution in [0.1, 0.15) is 0 Å². The maximum atomic E-state index is 9.57. The summed E-state index contributed by atoms with van der Waals surface area (Å²) in [5.74, 6) is 0. The van der Waals surface area contributed by atoms with Crippen molar-refractivity contribution in [3.05, 3.63) is 0 Å². The van der Waals surface area contributed by atoms with E-state index >= 15 is 0 Å². The van der Waals surface area contributed by atoms with Crippen LogP contribution in [0, 0.1) is 0 Å². The first-order valence-corrected chi connectivity index (χ1v) is 3.10. The number of hydrogen-bond donors (Lipinski definition) is 3. The zero-order valence-electron chi connectivity index (χ0n) is 3.03. The molecule has 0 bridgehead atoms. The van der Waals surface area contributed by atoms with Gasteiger partial charge in [0.05, 0.1) is 6.29 Å². The van der Waals surface area contributed by atoms with Crippen molar-refractivity contribution in [2.45, 2.75) is 0 Å². The molecule has 7 heteroatoms. The molecule has 0 aliphatic carbocycles. The molecule has 0 heterocycles. The van der Waals surface area contributed by atoms with E-state index in [1.165, 1.54) is 0 Å². The first kappa shape index (κ1) is 16.6. The molecule has 0 saturated carbocycles. The van der Waals surface area contributed by atoms with Gasteiger partial charge in [-0.15, -0.1) is 0 Å². The van der Waals surface area contributed by atoms with E-state index in [0.29, 0.717) is 0 Å². The first-order chi connectivity index (χ1) is 2.56. The third kappa shape index (κ3) is 15.7. The van der Waals surface area contributed by atoms with Gasteiger partial charge in [0.2, 0.25) is 0 Å². The van der Waals surface area contributed by atoms with E-state index in [1.54, 1.807) is 0 Å². The van der Waals surface area contributed by atoms with Gasteiger partial charge in [0.25, 0.3) is 0 Å². The minimum absolute atomic E-state index is 0. The van der Waals surface area contributed by atoms with Gasteiger partial charge >= 0.3 is 66.7 Å². The Bertz CT molecular complexity index is 81.4. The molecule has 0 atom stereocenters. The zero-order valence-corrected chi connectivity index (χ0v) is 3.93. The Morgan fingerprint density at radius 1 is 1.38 bits per heavy atom. The molecule has 8 heavy (non-hydrogen) atoms. The van der Waals surface area contributed by atoms with Gasteiger partial charge < -0.3 is 15.5 Å². The molecule has 0 aliphatic rings. The molecule has 4 nitrogen and oxygen atoms in total. The molecule has 0 aromatic rings. The predicted octanol–water partition coefficient (Wildman–Crippen LogP) is -2.22. The van der Waals surface area contributed by atoms with Crippen molar-refractivity contribution in [2.75, 3.05) is 6.29 Å². The summed E-state index contributed by atoms with van der Waals surface area (Å²) in [4.78, 5) is 15.6. The third-order valence-corrected chi connectivity index (χ3v) is 0.714. The van der Waals surface area contributed by atoms with E-state index in [1.807, 2.05) is 0 Å². The average molecular weight is 159 g/mol. The first-order valence-electron chi connectivity index (χ1n) is 1.31. The van der Waals surface area contributed by atoms with Crippen molar-refractivity contribution in [1.82, 2.24) is 0 Å². The monoisotopic (exact) mass is 159 g/mol. The summed E-state index contributed by atoms with van der Waals surface area (Å²) in [7, 11) is -3.87. The molecule has 0 spiro atoms. The summed E-state index contributed by atoms with van der Waals surface area (Å²) in [6, 6.07) is 0. The Hall–Kier alpha value is 2.11. The second-order valence-corrected chi connectivity index (χ2v) is 2.54. The summed E-state index contributed by atoms with van der Waals surface area (Å²) in [6.07, 6.45) is -0.562. The number of hydrogen-bond acceptors (Lipinski definition) is 2. The van der Waals surface area contributed by atoms with E-state index in [0.717, 1.165) is 0 Å². The Balaban J connectivity index is -0.000000125. The maximum absolute atomic E-state index is 9.57. The van der Waals surface area contributed by atoms with Crippen molar-refractivity contribution in [2.24, 2.45) is 5.73 Å². The molecule has 0 fully saturated rings. The van der Waals surface area contributed by atoms with E-state index < -0.39 is 13.9 Å². The fourth-order valence-electron chi connectivity index (χ4n) is 0. The van der Waals surface area contributed by atoms with Gasteiger partial charge in [0.1, 0.15) is 0 Å². The molecule has 4 N–H and O–H groups in total. The second-order valence-electron chi connectivity index (χ2n) is 0.847. The topological polar surface area (TPSA) is 83.6 Å². The Labute approximate surface area is 92.0 Å². The standard InChI is InChI=1S/CH6NO3P.2Na.2H/c2-1-6(3,4)5;;;;/h1-2H2,(H2,3,4,5);;;;. The molecule has 42 valence electrons. The fourth-order valence-corrected chi connectivity index (χ4v) is 0. The fraction of sp³-hybridized carbons (Fsp3) is 1.00. The summed E-state index contributed by atoms with van der Waals surface area (Å²) in [5.41, 5.74) is 4.54. The second kappa shape index (κ2) is 7.22. The molecule has 0 amide bonds. The SMILES string of the molecule is NCP(=O)(O)O.[NaH].[NaH]. The van der Waals surface area contributed by atoms with Gasteiger partial charge in [-0.2, -0.15) is 0 Å². The van der Waals surface area contributed by atoms with Crippen LogP contribution in [0.2, 0.25) is 0 Å². The van der Waals surface area contributed by atoms with Gasteiger partial charge in [0, 0.05) is 0 Å². The summed E-state index contributed by atoms with van der Waals surface area (Å²) in [5, 5.41) is 0. The molecule has 0 radical (unpaired) electrons. The van der Waals surface area contributed by atoms with Gasteiger partial charge in [-0.05, 0) is 0 Å². The normalized spacial score (nSPS) is 8.88. The van der Waals surface area contributed by atoms with Crippen molar-refractivity contribution in [3.63, 3.8) is 0 Å². The molecule has 0 saturated heterocycles. The Morgan fingerprint density at radius 2 is 1.50 bits per heavy atom. The molecule has 0 aromatic carbocycles. The van der Waals surface area contributed by atoms with Crippen LogP contribution in [-0.4, -0.2) is 75.2 Å². The summed E-state index contributed by atoms with van der Waals surface area (Å²) >= 11 is 0. The van der Waals surface area contributed by atoms with Crippen LogP contribution < -0.4 is 5.73 Å². The van der Waals surface area contributed by atoms with Crippen molar-refractivity contribution in [1.29, 1.82) is 0 Å². The van der Waals surface area contributed by atoms with Gasteiger partial charge in [-0.25, -0.2) is 0 Å². The molecule has 0 rings (SSSR count). The van der Waals surface area contributed by atoms with Crippen molar-refractivity contribution in [3.8, 4) is 0 Å². The number of nitrogens with two attached hydrogens (primary N) is 1. The number of rotatable bonds is 1.